The van der Waals surface area contributed by atoms with Gasteiger partial charge in [0.25, 0.3) is 0 Å². The summed E-state index contributed by atoms with van der Waals surface area (Å²) in [6, 6.07) is 12.1. The number of aromatic hydroxyl groups is 1. The second-order valence-corrected chi connectivity index (χ2v) is 7.00. The van der Waals surface area contributed by atoms with Gasteiger partial charge in [-0.25, -0.2) is 4.68 Å². The zero-order valence-electron chi connectivity index (χ0n) is 14.9. The molecule has 2 N–H and O–H groups in total. The molecule has 0 unspecified atom stereocenters. The molecule has 0 saturated heterocycles. The topological polar surface area (TPSA) is 76.4 Å². The molecule has 0 spiro atoms. The Morgan fingerprint density at radius 1 is 1.26 bits per heavy atom. The van der Waals surface area contributed by atoms with Crippen molar-refractivity contribution in [1.82, 2.24) is 9.78 Å². The van der Waals surface area contributed by atoms with E-state index in [-0.39, 0.29) is 24.0 Å². The van der Waals surface area contributed by atoms with E-state index in [1.54, 1.807) is 41.1 Å². The molecule has 2 heterocycles. The molecule has 27 heavy (non-hydrogen) atoms. The van der Waals surface area contributed by atoms with Crippen molar-refractivity contribution < 1.29 is 14.6 Å². The van der Waals surface area contributed by atoms with E-state index in [0.717, 1.165) is 16.8 Å². The van der Waals surface area contributed by atoms with Gasteiger partial charge in [0.2, 0.25) is 11.8 Å². The highest BCUT2D eigenvalue weighted by molar-refractivity contribution is 6.30. The zero-order chi connectivity index (χ0) is 19.1. The third-order valence-corrected chi connectivity index (χ3v) is 4.92. The molecule has 1 aliphatic heterocycles. The van der Waals surface area contributed by atoms with Crippen LogP contribution in [-0.4, -0.2) is 20.8 Å². The lowest BCUT2D eigenvalue weighted by molar-refractivity contribution is -0.116. The molecule has 7 heteroatoms. The van der Waals surface area contributed by atoms with Gasteiger partial charge in [-0.05, 0) is 42.8 Å². The molecule has 3 aromatic rings. The number of ether oxygens (including phenoxy) is 1. The summed E-state index contributed by atoms with van der Waals surface area (Å²) in [5, 5.41) is 17.7. The van der Waals surface area contributed by atoms with Gasteiger partial charge in [0.15, 0.2) is 0 Å². The summed E-state index contributed by atoms with van der Waals surface area (Å²) in [6.07, 6.45) is 0.279. The molecule has 1 aliphatic rings. The first kappa shape index (κ1) is 17.4. The molecule has 4 rings (SSSR count). The fraction of sp³-hybridized carbons (Fsp3) is 0.200. The number of benzene rings is 2. The number of carbonyl (C=O) groups excluding carboxylic acids is 1. The molecule has 6 nitrogen and oxygen atoms in total. The summed E-state index contributed by atoms with van der Waals surface area (Å²) in [5.41, 5.74) is 3.18. The minimum absolute atomic E-state index is 0.107. The lowest BCUT2D eigenvalue weighted by atomic mass is 9.84. The maximum Gasteiger partial charge on any atom is 0.225 e. The van der Waals surface area contributed by atoms with E-state index in [4.69, 9.17) is 16.3 Å². The van der Waals surface area contributed by atoms with E-state index < -0.39 is 0 Å². The Bertz CT molecular complexity index is 1030. The van der Waals surface area contributed by atoms with Gasteiger partial charge in [-0.1, -0.05) is 17.7 Å². The van der Waals surface area contributed by atoms with E-state index in [9.17, 15) is 9.90 Å². The summed E-state index contributed by atoms with van der Waals surface area (Å²) in [4.78, 5) is 12.3. The molecular weight excluding hydrogens is 366 g/mol. The van der Waals surface area contributed by atoms with Crippen molar-refractivity contribution in [3.05, 3.63) is 64.3 Å². The quantitative estimate of drug-likeness (QED) is 0.704. The predicted molar refractivity (Wildman–Crippen MR) is 103 cm³/mol. The second kappa shape index (κ2) is 6.63. The van der Waals surface area contributed by atoms with Gasteiger partial charge in [0.1, 0.15) is 11.5 Å². The average molecular weight is 384 g/mol. The van der Waals surface area contributed by atoms with Gasteiger partial charge in [-0.2, -0.15) is 5.10 Å². The molecule has 0 fully saturated rings. The number of aromatic nitrogens is 2. The van der Waals surface area contributed by atoms with Gasteiger partial charge < -0.3 is 15.2 Å². The number of rotatable bonds is 3. The van der Waals surface area contributed by atoms with Crippen LogP contribution in [0.25, 0.3) is 0 Å². The number of fused-ring (bicyclic) bond motifs is 1. The number of nitrogens with zero attached hydrogens (tertiary/aromatic N) is 2. The molecular formula is C20H18ClN3O3. The lowest BCUT2D eigenvalue weighted by Crippen LogP contribution is -2.23. The van der Waals surface area contributed by atoms with E-state index in [1.165, 1.54) is 0 Å². The van der Waals surface area contributed by atoms with Crippen LogP contribution in [0, 0.1) is 6.92 Å². The van der Waals surface area contributed by atoms with E-state index >= 15 is 0 Å². The monoisotopic (exact) mass is 383 g/mol. The molecule has 138 valence electrons. The normalized spacial score (nSPS) is 16.0. The number of anilines is 1. The Hall–Kier alpha value is -2.99. The van der Waals surface area contributed by atoms with Crippen LogP contribution in [-0.2, 0) is 11.8 Å². The highest BCUT2D eigenvalue weighted by atomic mass is 35.5. The molecule has 0 saturated carbocycles. The second-order valence-electron chi connectivity index (χ2n) is 6.56. The van der Waals surface area contributed by atoms with E-state index in [1.807, 2.05) is 20.0 Å². The number of phenols is 1. The Morgan fingerprint density at radius 3 is 2.74 bits per heavy atom. The van der Waals surface area contributed by atoms with E-state index in [0.29, 0.717) is 22.3 Å². The maximum atomic E-state index is 12.3. The number of carbonyl (C=O) groups is 1. The first-order valence-electron chi connectivity index (χ1n) is 8.52. The number of amides is 1. The number of aryl methyl sites for hydroxylation is 2. The number of hydrogen-bond acceptors (Lipinski definition) is 4. The molecule has 2 aromatic carbocycles. The van der Waals surface area contributed by atoms with Crippen LogP contribution in [0.15, 0.2) is 42.5 Å². The van der Waals surface area contributed by atoms with Crippen LogP contribution in [0.3, 0.4) is 0 Å². The van der Waals surface area contributed by atoms with Gasteiger partial charge in [-0.15, -0.1) is 0 Å². The third kappa shape index (κ3) is 3.24. The van der Waals surface area contributed by atoms with Gasteiger partial charge in [0.05, 0.1) is 5.69 Å². The van der Waals surface area contributed by atoms with Gasteiger partial charge >= 0.3 is 0 Å². The molecule has 1 amide bonds. The first-order chi connectivity index (χ1) is 12.9. The minimum atomic E-state index is -0.217. The fourth-order valence-electron chi connectivity index (χ4n) is 3.50. The largest absolute Gasteiger partial charge is 0.508 e. The number of halogens is 1. The Labute approximate surface area is 161 Å². The van der Waals surface area contributed by atoms with Crippen LogP contribution < -0.4 is 10.1 Å². The van der Waals surface area contributed by atoms with Crippen molar-refractivity contribution >= 4 is 23.2 Å². The van der Waals surface area contributed by atoms with Crippen LogP contribution in [0.4, 0.5) is 5.69 Å². The Morgan fingerprint density at radius 2 is 2.00 bits per heavy atom. The smallest absolute Gasteiger partial charge is 0.225 e. The zero-order valence-corrected chi connectivity index (χ0v) is 15.6. The van der Waals surface area contributed by atoms with Crippen LogP contribution in [0.1, 0.15) is 29.2 Å². The summed E-state index contributed by atoms with van der Waals surface area (Å²) in [6.45, 7) is 1.90. The van der Waals surface area contributed by atoms with Gasteiger partial charge in [0, 0.05) is 41.7 Å². The highest BCUT2D eigenvalue weighted by Crippen LogP contribution is 2.44. The summed E-state index contributed by atoms with van der Waals surface area (Å²) >= 11 is 5.95. The van der Waals surface area contributed by atoms with Crippen molar-refractivity contribution in [3.63, 3.8) is 0 Å². The minimum Gasteiger partial charge on any atom is -0.508 e. The average Bonchev–Trinajstić information content (AvgIpc) is 2.89. The number of nitrogens with one attached hydrogen (secondary N) is 1. The Kier molecular flexibility index (Phi) is 4.28. The standard InChI is InChI=1S/C20H18ClN3O3/c1-11-19(16-10-18(26)22-17-9-13(25)5-8-15(16)17)20(24(2)23-11)27-14-6-3-12(21)4-7-14/h3-9,16,25H,10H2,1-2H3,(H,22,26)/t16-/m0/s1. The molecule has 1 atom stereocenters. The van der Waals surface area contributed by atoms with Gasteiger partial charge in [-0.3, -0.25) is 4.79 Å². The van der Waals surface area contributed by atoms with Crippen molar-refractivity contribution in [2.75, 3.05) is 5.32 Å². The molecule has 0 bridgehead atoms. The Balaban J connectivity index is 1.81. The highest BCUT2D eigenvalue weighted by Gasteiger charge is 2.32. The fourth-order valence-corrected chi connectivity index (χ4v) is 3.63. The molecule has 0 aliphatic carbocycles. The van der Waals surface area contributed by atoms with Crippen molar-refractivity contribution in [2.45, 2.75) is 19.3 Å². The predicted octanol–water partition coefficient (Wildman–Crippen LogP) is 4.35. The summed E-state index contributed by atoms with van der Waals surface area (Å²) in [7, 11) is 1.81. The summed E-state index contributed by atoms with van der Waals surface area (Å²) < 4.78 is 7.78. The molecule has 1 aromatic heterocycles. The van der Waals surface area contributed by atoms with E-state index in [2.05, 4.69) is 10.4 Å². The number of hydrogen-bond donors (Lipinski definition) is 2. The van der Waals surface area contributed by atoms with Crippen LogP contribution in [0.5, 0.6) is 17.4 Å². The van der Waals surface area contributed by atoms with Crippen molar-refractivity contribution in [2.24, 2.45) is 7.05 Å². The summed E-state index contributed by atoms with van der Waals surface area (Å²) in [5.74, 6) is 0.989. The third-order valence-electron chi connectivity index (χ3n) is 4.67. The van der Waals surface area contributed by atoms with Crippen LogP contribution >= 0.6 is 11.6 Å². The SMILES string of the molecule is Cc1nn(C)c(Oc2ccc(Cl)cc2)c1[C@H]1CC(=O)Nc2cc(O)ccc21. The lowest BCUT2D eigenvalue weighted by Gasteiger charge is -2.26. The van der Waals surface area contributed by atoms with Crippen molar-refractivity contribution in [1.29, 1.82) is 0 Å². The molecule has 0 radical (unpaired) electrons. The maximum absolute atomic E-state index is 12.3. The first-order valence-corrected chi connectivity index (χ1v) is 8.90. The van der Waals surface area contributed by atoms with Crippen LogP contribution in [0.2, 0.25) is 5.02 Å². The van der Waals surface area contributed by atoms with Crippen molar-refractivity contribution in [3.8, 4) is 17.4 Å². The number of phenolic OH excluding ortho intramolecular Hbond substituents is 1.